The van der Waals surface area contributed by atoms with E-state index in [1.807, 2.05) is 6.07 Å². The van der Waals surface area contributed by atoms with Crippen LogP contribution in [0.2, 0.25) is 0 Å². The number of aliphatic hydroxyl groups excluding tert-OH is 1. The number of hydrogen-bond acceptors (Lipinski definition) is 9. The summed E-state index contributed by atoms with van der Waals surface area (Å²) in [4.78, 5) is 14.9. The van der Waals surface area contributed by atoms with Gasteiger partial charge in [0.1, 0.15) is 24.2 Å². The standard InChI is InChI=1S/C27H35N5O5/c1-35-14-15-36-25-16-23(5-2-20(25)17-28)37-22-6-3-21(4-7-22)29-27(34)24-8-9-26(31-30-24)32-12-10-19(18-33)11-13-32/h2,5,8-9,16,19,21-22,33H,3-4,6-7,10-15,18H2,1H3,(H,29,34)/t21-,22-. The van der Waals surface area contributed by atoms with Gasteiger partial charge in [-0.2, -0.15) is 5.26 Å². The van der Waals surface area contributed by atoms with Crippen molar-refractivity contribution in [3.63, 3.8) is 0 Å². The van der Waals surface area contributed by atoms with Gasteiger partial charge < -0.3 is 29.5 Å². The molecule has 1 amide bonds. The summed E-state index contributed by atoms with van der Waals surface area (Å²) >= 11 is 0. The molecule has 0 unspecified atom stereocenters. The number of amides is 1. The van der Waals surface area contributed by atoms with Gasteiger partial charge in [-0.3, -0.25) is 4.79 Å². The molecule has 0 atom stereocenters. The monoisotopic (exact) mass is 509 g/mol. The van der Waals surface area contributed by atoms with Crippen LogP contribution < -0.4 is 19.7 Å². The van der Waals surface area contributed by atoms with Crippen LogP contribution in [0.4, 0.5) is 5.82 Å². The van der Waals surface area contributed by atoms with E-state index in [2.05, 4.69) is 26.5 Å². The van der Waals surface area contributed by atoms with Crippen molar-refractivity contribution < 1.29 is 24.1 Å². The predicted molar refractivity (Wildman–Crippen MR) is 137 cm³/mol. The number of nitriles is 1. The number of nitrogens with zero attached hydrogens (tertiary/aromatic N) is 4. The molecule has 1 aromatic heterocycles. The molecule has 0 bridgehead atoms. The Hall–Kier alpha value is -3.42. The maximum Gasteiger partial charge on any atom is 0.272 e. The van der Waals surface area contributed by atoms with Gasteiger partial charge in [-0.25, -0.2) is 0 Å². The van der Waals surface area contributed by atoms with Crippen LogP contribution in [0.25, 0.3) is 0 Å². The van der Waals surface area contributed by atoms with Crippen molar-refractivity contribution in [1.29, 1.82) is 5.26 Å². The molecule has 2 aliphatic rings. The van der Waals surface area contributed by atoms with Gasteiger partial charge in [-0.15, -0.1) is 10.2 Å². The minimum absolute atomic E-state index is 0.0296. The van der Waals surface area contributed by atoms with Crippen LogP contribution in [-0.2, 0) is 4.74 Å². The van der Waals surface area contributed by atoms with Crippen LogP contribution >= 0.6 is 0 Å². The quantitative estimate of drug-likeness (QED) is 0.464. The number of aromatic nitrogens is 2. The Bertz CT molecular complexity index is 1060. The van der Waals surface area contributed by atoms with Gasteiger partial charge in [-0.05, 0) is 68.7 Å². The first-order chi connectivity index (χ1) is 18.1. The summed E-state index contributed by atoms with van der Waals surface area (Å²) in [6, 6.07) is 11.0. The summed E-state index contributed by atoms with van der Waals surface area (Å²) in [5.74, 6) is 2.05. The van der Waals surface area contributed by atoms with Crippen molar-refractivity contribution in [2.75, 3.05) is 44.9 Å². The summed E-state index contributed by atoms with van der Waals surface area (Å²) in [5.41, 5.74) is 0.767. The number of methoxy groups -OCH3 is 1. The maximum atomic E-state index is 12.7. The van der Waals surface area contributed by atoms with Crippen molar-refractivity contribution >= 4 is 11.7 Å². The number of carbonyl (C=O) groups is 1. The lowest BCUT2D eigenvalue weighted by atomic mass is 9.92. The van der Waals surface area contributed by atoms with E-state index in [1.54, 1.807) is 31.4 Å². The van der Waals surface area contributed by atoms with Gasteiger partial charge in [0.25, 0.3) is 5.91 Å². The zero-order valence-corrected chi connectivity index (χ0v) is 21.3. The molecule has 10 heteroatoms. The van der Waals surface area contributed by atoms with Gasteiger partial charge in [0, 0.05) is 38.9 Å². The highest BCUT2D eigenvalue weighted by molar-refractivity contribution is 5.92. The largest absolute Gasteiger partial charge is 0.490 e. The number of nitrogens with one attached hydrogen (secondary N) is 1. The Morgan fingerprint density at radius 2 is 1.89 bits per heavy atom. The first kappa shape index (κ1) is 26.6. The minimum atomic E-state index is -0.215. The summed E-state index contributed by atoms with van der Waals surface area (Å²) in [6.45, 7) is 2.69. The molecule has 2 aromatic rings. The Balaban J connectivity index is 1.23. The van der Waals surface area contributed by atoms with E-state index in [0.717, 1.165) is 57.4 Å². The van der Waals surface area contributed by atoms with Crippen molar-refractivity contribution in [2.45, 2.75) is 50.7 Å². The van der Waals surface area contributed by atoms with Gasteiger partial charge in [-0.1, -0.05) is 0 Å². The summed E-state index contributed by atoms with van der Waals surface area (Å²) in [5, 5.41) is 30.1. The lowest BCUT2D eigenvalue weighted by Crippen LogP contribution is -2.40. The maximum absolute atomic E-state index is 12.7. The molecule has 1 aliphatic carbocycles. The summed E-state index contributed by atoms with van der Waals surface area (Å²) in [6.07, 6.45) is 5.10. The van der Waals surface area contributed by atoms with E-state index in [-0.39, 0.29) is 24.7 Å². The number of benzene rings is 1. The molecule has 1 aliphatic heterocycles. The van der Waals surface area contributed by atoms with Crippen LogP contribution in [0.5, 0.6) is 11.5 Å². The fourth-order valence-electron chi connectivity index (χ4n) is 4.76. The van der Waals surface area contributed by atoms with E-state index in [9.17, 15) is 15.2 Å². The smallest absolute Gasteiger partial charge is 0.272 e. The van der Waals surface area contributed by atoms with Crippen LogP contribution in [0.3, 0.4) is 0 Å². The van der Waals surface area contributed by atoms with Crippen molar-refractivity contribution in [1.82, 2.24) is 15.5 Å². The van der Waals surface area contributed by atoms with Crippen LogP contribution in [0.15, 0.2) is 30.3 Å². The Morgan fingerprint density at radius 1 is 1.11 bits per heavy atom. The zero-order valence-electron chi connectivity index (χ0n) is 21.3. The normalized spacial score (nSPS) is 20.2. The van der Waals surface area contributed by atoms with Crippen LogP contribution in [-0.4, -0.2) is 73.4 Å². The molecule has 4 rings (SSSR count). The molecule has 1 saturated heterocycles. The number of anilines is 1. The molecule has 2 N–H and O–H groups in total. The molecule has 1 aromatic carbocycles. The predicted octanol–water partition coefficient (Wildman–Crippen LogP) is 2.70. The van der Waals surface area contributed by atoms with E-state index in [1.165, 1.54) is 0 Å². The van der Waals surface area contributed by atoms with Gasteiger partial charge in [0.2, 0.25) is 0 Å². The summed E-state index contributed by atoms with van der Waals surface area (Å²) in [7, 11) is 1.60. The second kappa shape index (κ2) is 13.2. The first-order valence-corrected chi connectivity index (χ1v) is 12.9. The highest BCUT2D eigenvalue weighted by atomic mass is 16.5. The topological polar surface area (TPSA) is 130 Å². The number of aliphatic hydroxyl groups is 1. The number of ether oxygens (including phenoxy) is 3. The highest BCUT2D eigenvalue weighted by Crippen LogP contribution is 2.29. The third-order valence-electron chi connectivity index (χ3n) is 7.01. The first-order valence-electron chi connectivity index (χ1n) is 12.9. The Labute approximate surface area is 217 Å². The third kappa shape index (κ3) is 7.31. The molecule has 198 valence electrons. The minimum Gasteiger partial charge on any atom is -0.490 e. The summed E-state index contributed by atoms with van der Waals surface area (Å²) < 4.78 is 16.8. The highest BCUT2D eigenvalue weighted by Gasteiger charge is 2.25. The average Bonchev–Trinajstić information content (AvgIpc) is 2.94. The fourth-order valence-corrected chi connectivity index (χ4v) is 4.76. The molecule has 10 nitrogen and oxygen atoms in total. The van der Waals surface area contributed by atoms with Crippen LogP contribution in [0.1, 0.15) is 54.6 Å². The molecule has 0 spiro atoms. The van der Waals surface area contributed by atoms with Gasteiger partial charge >= 0.3 is 0 Å². The molecule has 0 radical (unpaired) electrons. The third-order valence-corrected chi connectivity index (χ3v) is 7.01. The van der Waals surface area contributed by atoms with Crippen LogP contribution in [0, 0.1) is 17.2 Å². The number of rotatable bonds is 10. The van der Waals surface area contributed by atoms with Gasteiger partial charge in [0.15, 0.2) is 11.5 Å². The lowest BCUT2D eigenvalue weighted by molar-refractivity contribution is 0.0887. The fraction of sp³-hybridized carbons (Fsp3) is 0.556. The Morgan fingerprint density at radius 3 is 2.54 bits per heavy atom. The number of hydrogen-bond donors (Lipinski definition) is 2. The second-order valence-electron chi connectivity index (χ2n) is 9.57. The van der Waals surface area contributed by atoms with E-state index in [4.69, 9.17) is 14.2 Å². The zero-order chi connectivity index (χ0) is 26.0. The number of carbonyl (C=O) groups excluding carboxylic acids is 1. The molecule has 2 heterocycles. The van der Waals surface area contributed by atoms with Crippen molar-refractivity contribution in [2.24, 2.45) is 5.92 Å². The SMILES string of the molecule is COCCOc1cc(O[C@H]2CC[C@H](NC(=O)c3ccc(N4CCC(CO)CC4)nn3)CC2)ccc1C#N. The molecular formula is C27H35N5O5. The van der Waals surface area contributed by atoms with E-state index >= 15 is 0 Å². The lowest BCUT2D eigenvalue weighted by Gasteiger charge is -2.31. The molecule has 2 fully saturated rings. The molecular weight excluding hydrogens is 474 g/mol. The van der Waals surface area contributed by atoms with Gasteiger partial charge in [0.05, 0.1) is 18.3 Å². The Kier molecular flexibility index (Phi) is 9.52. The number of piperidine rings is 1. The van der Waals surface area contributed by atoms with Crippen molar-refractivity contribution in [3.05, 3.63) is 41.6 Å². The average molecular weight is 510 g/mol. The molecule has 37 heavy (non-hydrogen) atoms. The molecule has 1 saturated carbocycles. The van der Waals surface area contributed by atoms with E-state index < -0.39 is 0 Å². The van der Waals surface area contributed by atoms with E-state index in [0.29, 0.717) is 41.9 Å². The second-order valence-corrected chi connectivity index (χ2v) is 9.57. The van der Waals surface area contributed by atoms with Crippen molar-refractivity contribution in [3.8, 4) is 17.6 Å².